The maximum absolute atomic E-state index is 5.44. The van der Waals surface area contributed by atoms with Crippen LogP contribution in [0.5, 0.6) is 0 Å². The molecule has 2 rings (SSSR count). The van der Waals surface area contributed by atoms with Gasteiger partial charge in [0.15, 0.2) is 0 Å². The Balaban J connectivity index is 1.68. The van der Waals surface area contributed by atoms with Crippen LogP contribution in [0, 0.1) is 5.92 Å². The van der Waals surface area contributed by atoms with E-state index in [4.69, 9.17) is 4.74 Å². The molecule has 2 fully saturated rings. The second-order valence-corrected chi connectivity index (χ2v) is 6.06. The summed E-state index contributed by atoms with van der Waals surface area (Å²) in [6.45, 7) is 6.56. The highest BCUT2D eigenvalue weighted by Crippen LogP contribution is 2.24. The summed E-state index contributed by atoms with van der Waals surface area (Å²) in [7, 11) is 2.33. The van der Waals surface area contributed by atoms with Gasteiger partial charge in [0.2, 0.25) is 0 Å². The summed E-state index contributed by atoms with van der Waals surface area (Å²) in [5.74, 6) is 0.871. The van der Waals surface area contributed by atoms with Crippen molar-refractivity contribution in [3.05, 3.63) is 0 Å². The molecule has 0 atom stereocenters. The summed E-state index contributed by atoms with van der Waals surface area (Å²) in [6, 6.07) is 1.60. The van der Waals surface area contributed by atoms with Crippen molar-refractivity contribution in [2.75, 3.05) is 33.4 Å². The summed E-state index contributed by atoms with van der Waals surface area (Å²) in [5.41, 5.74) is 0. The van der Waals surface area contributed by atoms with Crippen LogP contribution >= 0.6 is 0 Å². The minimum Gasteiger partial charge on any atom is -0.381 e. The van der Waals surface area contributed by atoms with Crippen molar-refractivity contribution in [3.63, 3.8) is 0 Å². The van der Waals surface area contributed by atoms with Crippen molar-refractivity contribution in [2.24, 2.45) is 5.92 Å². The van der Waals surface area contributed by atoms with Gasteiger partial charge in [-0.25, -0.2) is 0 Å². The molecule has 0 unspecified atom stereocenters. The van der Waals surface area contributed by atoms with Gasteiger partial charge in [-0.05, 0) is 58.0 Å². The first-order valence-corrected chi connectivity index (χ1v) is 7.81. The van der Waals surface area contributed by atoms with Crippen LogP contribution < -0.4 is 5.32 Å². The lowest BCUT2D eigenvalue weighted by molar-refractivity contribution is 0.0464. The van der Waals surface area contributed by atoms with Crippen LogP contribution in [0.15, 0.2) is 0 Å². The monoisotopic (exact) mass is 254 g/mol. The number of rotatable bonds is 5. The van der Waals surface area contributed by atoms with Gasteiger partial charge >= 0.3 is 0 Å². The van der Waals surface area contributed by atoms with Crippen LogP contribution in [-0.2, 0) is 4.74 Å². The highest BCUT2D eigenvalue weighted by atomic mass is 16.5. The average molecular weight is 254 g/mol. The van der Waals surface area contributed by atoms with E-state index in [0.29, 0.717) is 0 Å². The van der Waals surface area contributed by atoms with E-state index in [-0.39, 0.29) is 0 Å². The fraction of sp³-hybridized carbons (Fsp3) is 1.00. The molecule has 1 saturated carbocycles. The van der Waals surface area contributed by atoms with E-state index in [1.54, 1.807) is 0 Å². The Morgan fingerprint density at radius 1 is 1.06 bits per heavy atom. The fourth-order valence-corrected chi connectivity index (χ4v) is 3.49. The predicted molar refractivity (Wildman–Crippen MR) is 75.9 cm³/mol. The molecule has 18 heavy (non-hydrogen) atoms. The summed E-state index contributed by atoms with van der Waals surface area (Å²) in [6.07, 6.45) is 7.98. The second kappa shape index (κ2) is 7.46. The maximum Gasteiger partial charge on any atom is 0.0469 e. The third-order valence-corrected chi connectivity index (χ3v) is 4.70. The minimum atomic E-state index is 0.780. The molecule has 1 saturated heterocycles. The van der Waals surface area contributed by atoms with E-state index in [1.807, 2.05) is 0 Å². The summed E-state index contributed by atoms with van der Waals surface area (Å²) in [4.78, 5) is 2.62. The van der Waals surface area contributed by atoms with E-state index in [0.717, 1.165) is 37.8 Å². The normalized spacial score (nSPS) is 30.8. The summed E-state index contributed by atoms with van der Waals surface area (Å²) in [5, 5.41) is 3.59. The molecule has 1 heterocycles. The van der Waals surface area contributed by atoms with Gasteiger partial charge in [-0.3, -0.25) is 0 Å². The standard InChI is InChI=1S/C15H30N2O/c1-3-16-14-4-6-15(7-5-14)17(2)12-13-8-10-18-11-9-13/h13-16H,3-12H2,1-2H3. The second-order valence-electron chi connectivity index (χ2n) is 6.06. The molecule has 0 bridgehead atoms. The van der Waals surface area contributed by atoms with Crippen molar-refractivity contribution in [1.29, 1.82) is 0 Å². The third-order valence-electron chi connectivity index (χ3n) is 4.70. The number of ether oxygens (including phenoxy) is 1. The lowest BCUT2D eigenvalue weighted by atomic mass is 9.89. The fourth-order valence-electron chi connectivity index (χ4n) is 3.49. The smallest absolute Gasteiger partial charge is 0.0469 e. The predicted octanol–water partition coefficient (Wildman–Crippen LogP) is 2.27. The molecule has 1 aliphatic carbocycles. The highest BCUT2D eigenvalue weighted by Gasteiger charge is 2.25. The lowest BCUT2D eigenvalue weighted by Gasteiger charge is -2.37. The molecule has 2 aliphatic rings. The Morgan fingerprint density at radius 3 is 2.33 bits per heavy atom. The van der Waals surface area contributed by atoms with Crippen molar-refractivity contribution in [3.8, 4) is 0 Å². The SMILES string of the molecule is CCNC1CCC(N(C)CC2CCOCC2)CC1. The summed E-state index contributed by atoms with van der Waals surface area (Å²) >= 11 is 0. The Morgan fingerprint density at radius 2 is 1.72 bits per heavy atom. The molecule has 1 N–H and O–H groups in total. The third kappa shape index (κ3) is 4.22. The van der Waals surface area contributed by atoms with Gasteiger partial charge in [0.25, 0.3) is 0 Å². The Labute approximate surface area is 112 Å². The number of hydrogen-bond donors (Lipinski definition) is 1. The molecule has 1 aliphatic heterocycles. The highest BCUT2D eigenvalue weighted by molar-refractivity contribution is 4.82. The molecule has 0 radical (unpaired) electrons. The largest absolute Gasteiger partial charge is 0.381 e. The van der Waals surface area contributed by atoms with Crippen molar-refractivity contribution >= 4 is 0 Å². The zero-order valence-corrected chi connectivity index (χ0v) is 12.2. The van der Waals surface area contributed by atoms with Gasteiger partial charge in [-0.1, -0.05) is 6.92 Å². The van der Waals surface area contributed by atoms with Crippen molar-refractivity contribution < 1.29 is 4.74 Å². The van der Waals surface area contributed by atoms with Gasteiger partial charge in [-0.15, -0.1) is 0 Å². The Kier molecular flexibility index (Phi) is 5.93. The lowest BCUT2D eigenvalue weighted by Crippen LogP contribution is -2.42. The average Bonchev–Trinajstić information content (AvgIpc) is 2.41. The molecule has 0 spiro atoms. The molecule has 3 nitrogen and oxygen atoms in total. The maximum atomic E-state index is 5.44. The van der Waals surface area contributed by atoms with Crippen LogP contribution in [0.1, 0.15) is 45.4 Å². The molecule has 0 amide bonds. The van der Waals surface area contributed by atoms with Crippen molar-refractivity contribution in [1.82, 2.24) is 10.2 Å². The first-order valence-electron chi connectivity index (χ1n) is 7.81. The molecule has 3 heteroatoms. The van der Waals surface area contributed by atoms with Crippen molar-refractivity contribution in [2.45, 2.75) is 57.5 Å². The Bertz CT molecular complexity index is 221. The van der Waals surface area contributed by atoms with E-state index in [1.165, 1.54) is 45.1 Å². The van der Waals surface area contributed by atoms with Gasteiger partial charge in [-0.2, -0.15) is 0 Å². The quantitative estimate of drug-likeness (QED) is 0.814. The minimum absolute atomic E-state index is 0.780. The number of nitrogens with one attached hydrogen (secondary N) is 1. The van der Waals surface area contributed by atoms with Gasteiger partial charge in [0, 0.05) is 31.8 Å². The molecule has 0 aromatic heterocycles. The molecular formula is C15H30N2O. The number of nitrogens with zero attached hydrogens (tertiary/aromatic N) is 1. The first kappa shape index (κ1) is 14.3. The van der Waals surface area contributed by atoms with Crippen LogP contribution in [-0.4, -0.2) is 50.3 Å². The van der Waals surface area contributed by atoms with E-state index < -0.39 is 0 Å². The molecule has 0 aromatic rings. The zero-order valence-electron chi connectivity index (χ0n) is 12.2. The zero-order chi connectivity index (χ0) is 12.8. The van der Waals surface area contributed by atoms with E-state index >= 15 is 0 Å². The van der Waals surface area contributed by atoms with Crippen LogP contribution in [0.25, 0.3) is 0 Å². The molecule has 106 valence electrons. The van der Waals surface area contributed by atoms with Crippen LogP contribution in [0.3, 0.4) is 0 Å². The van der Waals surface area contributed by atoms with Gasteiger partial charge in [0.1, 0.15) is 0 Å². The van der Waals surface area contributed by atoms with Crippen LogP contribution in [0.2, 0.25) is 0 Å². The van der Waals surface area contributed by atoms with E-state index in [9.17, 15) is 0 Å². The van der Waals surface area contributed by atoms with E-state index in [2.05, 4.69) is 24.2 Å². The molecule has 0 aromatic carbocycles. The summed E-state index contributed by atoms with van der Waals surface area (Å²) < 4.78 is 5.44. The first-order chi connectivity index (χ1) is 8.79. The number of hydrogen-bond acceptors (Lipinski definition) is 3. The van der Waals surface area contributed by atoms with Crippen LogP contribution in [0.4, 0.5) is 0 Å². The Hall–Kier alpha value is -0.120. The van der Waals surface area contributed by atoms with Gasteiger partial charge < -0.3 is 15.0 Å². The topological polar surface area (TPSA) is 24.5 Å². The molecular weight excluding hydrogens is 224 g/mol. The van der Waals surface area contributed by atoms with Gasteiger partial charge in [0.05, 0.1) is 0 Å².